The summed E-state index contributed by atoms with van der Waals surface area (Å²) in [6.07, 6.45) is 5.49. The SMILES string of the molecule is O=C(NC1CCCCC1)C(Cc1ccccc1)N(Cc1ccc(Cl)c(Cl)c1)C(=O)CN1C(=O)c2cccc3cccc1c23. The molecule has 1 aliphatic carbocycles. The Labute approximate surface area is 261 Å². The van der Waals surface area contributed by atoms with Gasteiger partial charge in [-0.2, -0.15) is 0 Å². The van der Waals surface area contributed by atoms with Crippen molar-refractivity contribution in [3.8, 4) is 0 Å². The van der Waals surface area contributed by atoms with Crippen LogP contribution in [0.3, 0.4) is 0 Å². The third kappa shape index (κ3) is 6.27. The number of hydrogen-bond acceptors (Lipinski definition) is 3. The summed E-state index contributed by atoms with van der Waals surface area (Å²) < 4.78 is 0. The van der Waals surface area contributed by atoms with Crippen LogP contribution in [-0.2, 0) is 22.6 Å². The standard InChI is InChI=1S/C35H33Cl2N3O3/c36-28-18-17-24(19-29(28)37)21-39(31(20-23-9-3-1-4-10-23)34(42)38-26-13-5-2-6-14-26)32(41)22-40-30-16-8-12-25-11-7-15-27(33(25)30)35(40)43/h1,3-4,7-12,15-19,26,31H,2,5-6,13-14,20-22H2,(H,38,42). The van der Waals surface area contributed by atoms with Crippen molar-refractivity contribution in [2.75, 3.05) is 11.4 Å². The van der Waals surface area contributed by atoms with Crippen molar-refractivity contribution in [3.63, 3.8) is 0 Å². The maximum atomic E-state index is 14.4. The summed E-state index contributed by atoms with van der Waals surface area (Å²) in [7, 11) is 0. The van der Waals surface area contributed by atoms with E-state index >= 15 is 0 Å². The summed E-state index contributed by atoms with van der Waals surface area (Å²) in [5, 5.41) is 5.82. The van der Waals surface area contributed by atoms with Crippen LogP contribution < -0.4 is 10.2 Å². The molecule has 0 radical (unpaired) electrons. The van der Waals surface area contributed by atoms with Gasteiger partial charge in [0.25, 0.3) is 5.91 Å². The first-order valence-electron chi connectivity index (χ1n) is 14.8. The molecule has 0 spiro atoms. The Morgan fingerprint density at radius 2 is 1.60 bits per heavy atom. The van der Waals surface area contributed by atoms with Crippen molar-refractivity contribution in [1.29, 1.82) is 0 Å². The zero-order valence-electron chi connectivity index (χ0n) is 23.8. The minimum absolute atomic E-state index is 0.0775. The first-order valence-corrected chi connectivity index (χ1v) is 15.6. The molecule has 1 heterocycles. The molecule has 1 aliphatic heterocycles. The third-order valence-electron chi connectivity index (χ3n) is 8.50. The number of carbonyl (C=O) groups is 3. The van der Waals surface area contributed by atoms with Gasteiger partial charge in [-0.1, -0.05) is 103 Å². The summed E-state index contributed by atoms with van der Waals surface area (Å²) in [5.41, 5.74) is 2.96. The van der Waals surface area contributed by atoms with E-state index in [1.807, 2.05) is 66.7 Å². The van der Waals surface area contributed by atoms with Gasteiger partial charge in [-0.25, -0.2) is 0 Å². The predicted molar refractivity (Wildman–Crippen MR) is 172 cm³/mol. The van der Waals surface area contributed by atoms with Gasteiger partial charge in [0.15, 0.2) is 0 Å². The minimum atomic E-state index is -0.804. The van der Waals surface area contributed by atoms with Crippen molar-refractivity contribution in [3.05, 3.63) is 112 Å². The molecule has 220 valence electrons. The molecule has 0 aromatic heterocycles. The highest BCUT2D eigenvalue weighted by molar-refractivity contribution is 6.42. The molecular weight excluding hydrogens is 581 g/mol. The zero-order chi connectivity index (χ0) is 29.9. The highest BCUT2D eigenvalue weighted by Crippen LogP contribution is 2.37. The summed E-state index contributed by atoms with van der Waals surface area (Å²) in [5.74, 6) is -0.743. The molecule has 1 fully saturated rings. The normalized spacial score (nSPS) is 15.5. The third-order valence-corrected chi connectivity index (χ3v) is 9.24. The van der Waals surface area contributed by atoms with E-state index in [0.29, 0.717) is 27.7 Å². The van der Waals surface area contributed by atoms with Gasteiger partial charge in [-0.05, 0) is 53.6 Å². The molecule has 6 nitrogen and oxygen atoms in total. The van der Waals surface area contributed by atoms with Gasteiger partial charge < -0.3 is 10.2 Å². The number of nitrogens with zero attached hydrogens (tertiary/aromatic N) is 2. The van der Waals surface area contributed by atoms with Crippen molar-refractivity contribution in [2.45, 2.75) is 57.2 Å². The maximum Gasteiger partial charge on any atom is 0.259 e. The summed E-state index contributed by atoms with van der Waals surface area (Å²) >= 11 is 12.6. The number of anilines is 1. The maximum absolute atomic E-state index is 14.4. The fourth-order valence-corrected chi connectivity index (χ4v) is 6.62. The fourth-order valence-electron chi connectivity index (χ4n) is 6.30. The molecule has 8 heteroatoms. The molecule has 2 aliphatic rings. The molecule has 0 bridgehead atoms. The van der Waals surface area contributed by atoms with E-state index in [9.17, 15) is 14.4 Å². The zero-order valence-corrected chi connectivity index (χ0v) is 25.3. The molecule has 3 amide bonds. The summed E-state index contributed by atoms with van der Waals surface area (Å²) in [6.45, 7) is -0.0690. The van der Waals surface area contributed by atoms with Crippen LogP contribution in [0.4, 0.5) is 5.69 Å². The van der Waals surface area contributed by atoms with E-state index in [4.69, 9.17) is 23.2 Å². The van der Waals surface area contributed by atoms with Crippen LogP contribution >= 0.6 is 23.2 Å². The van der Waals surface area contributed by atoms with Crippen LogP contribution in [0, 0.1) is 0 Å². The highest BCUT2D eigenvalue weighted by atomic mass is 35.5. The van der Waals surface area contributed by atoms with E-state index in [0.717, 1.165) is 47.6 Å². The number of nitrogens with one attached hydrogen (secondary N) is 1. The lowest BCUT2D eigenvalue weighted by molar-refractivity contribution is -0.140. The lowest BCUT2D eigenvalue weighted by Crippen LogP contribution is -2.54. The summed E-state index contributed by atoms with van der Waals surface area (Å²) in [6, 6.07) is 25.5. The molecule has 6 rings (SSSR count). The lowest BCUT2D eigenvalue weighted by Gasteiger charge is -2.34. The number of hydrogen-bond donors (Lipinski definition) is 1. The molecule has 0 saturated heterocycles. The van der Waals surface area contributed by atoms with Crippen LogP contribution in [0.25, 0.3) is 10.8 Å². The molecule has 4 aromatic rings. The Kier molecular flexibility index (Phi) is 8.68. The molecular formula is C35H33Cl2N3O3. The first-order chi connectivity index (χ1) is 20.9. The number of amides is 3. The van der Waals surface area contributed by atoms with E-state index in [1.165, 1.54) is 11.3 Å². The van der Waals surface area contributed by atoms with E-state index in [1.54, 1.807) is 23.1 Å². The van der Waals surface area contributed by atoms with Crippen LogP contribution in [0.2, 0.25) is 10.0 Å². The number of rotatable bonds is 9. The van der Waals surface area contributed by atoms with Crippen LogP contribution in [0.1, 0.15) is 53.6 Å². The highest BCUT2D eigenvalue weighted by Gasteiger charge is 2.36. The van der Waals surface area contributed by atoms with Gasteiger partial charge in [0.1, 0.15) is 12.6 Å². The van der Waals surface area contributed by atoms with Crippen molar-refractivity contribution in [2.24, 2.45) is 0 Å². The quantitative estimate of drug-likeness (QED) is 0.217. The van der Waals surface area contributed by atoms with Crippen LogP contribution in [0.5, 0.6) is 0 Å². The van der Waals surface area contributed by atoms with Gasteiger partial charge >= 0.3 is 0 Å². The molecule has 1 saturated carbocycles. The van der Waals surface area contributed by atoms with Crippen molar-refractivity contribution >= 4 is 57.4 Å². The second-order valence-corrected chi connectivity index (χ2v) is 12.2. The van der Waals surface area contributed by atoms with Gasteiger partial charge in [0, 0.05) is 30.0 Å². The Hall–Kier alpha value is -3.87. The number of benzene rings is 4. The van der Waals surface area contributed by atoms with Crippen LogP contribution in [0.15, 0.2) is 84.9 Å². The van der Waals surface area contributed by atoms with Gasteiger partial charge in [-0.15, -0.1) is 0 Å². The average molecular weight is 615 g/mol. The smallest absolute Gasteiger partial charge is 0.259 e. The van der Waals surface area contributed by atoms with Gasteiger partial charge in [0.2, 0.25) is 11.8 Å². The Morgan fingerprint density at radius 3 is 2.35 bits per heavy atom. The molecule has 1 unspecified atom stereocenters. The largest absolute Gasteiger partial charge is 0.352 e. The van der Waals surface area contributed by atoms with E-state index in [-0.39, 0.29) is 36.9 Å². The topological polar surface area (TPSA) is 69.7 Å². The van der Waals surface area contributed by atoms with Gasteiger partial charge in [0.05, 0.1) is 15.7 Å². The summed E-state index contributed by atoms with van der Waals surface area (Å²) in [4.78, 5) is 45.2. The monoisotopic (exact) mass is 613 g/mol. The number of halogens is 2. The number of carbonyl (C=O) groups excluding carboxylic acids is 3. The molecule has 43 heavy (non-hydrogen) atoms. The fraction of sp³-hybridized carbons (Fsp3) is 0.286. The second kappa shape index (κ2) is 12.8. The Morgan fingerprint density at radius 1 is 0.860 bits per heavy atom. The van der Waals surface area contributed by atoms with Crippen molar-refractivity contribution in [1.82, 2.24) is 10.2 Å². The Balaban J connectivity index is 1.35. The van der Waals surface area contributed by atoms with Gasteiger partial charge in [-0.3, -0.25) is 19.3 Å². The minimum Gasteiger partial charge on any atom is -0.352 e. The Bertz CT molecular complexity index is 1660. The van der Waals surface area contributed by atoms with E-state index in [2.05, 4.69) is 5.32 Å². The second-order valence-electron chi connectivity index (χ2n) is 11.4. The molecule has 4 aromatic carbocycles. The molecule has 1 atom stereocenters. The predicted octanol–water partition coefficient (Wildman–Crippen LogP) is 7.20. The van der Waals surface area contributed by atoms with E-state index < -0.39 is 6.04 Å². The van der Waals surface area contributed by atoms with Crippen LogP contribution in [-0.4, -0.2) is 41.2 Å². The lowest BCUT2D eigenvalue weighted by atomic mass is 9.94. The van der Waals surface area contributed by atoms with Crippen molar-refractivity contribution < 1.29 is 14.4 Å². The first kappa shape index (κ1) is 29.2. The molecule has 1 N–H and O–H groups in total. The average Bonchev–Trinajstić information content (AvgIpc) is 3.29.